The lowest BCUT2D eigenvalue weighted by Gasteiger charge is -2.07. The lowest BCUT2D eigenvalue weighted by atomic mass is 10.1. The van der Waals surface area contributed by atoms with E-state index in [1.165, 1.54) is 23.5 Å². The zero-order valence-corrected chi connectivity index (χ0v) is 17.1. The molecule has 1 amide bonds. The first-order chi connectivity index (χ1) is 13.3. The third-order valence-electron chi connectivity index (χ3n) is 4.22. The number of carbonyl (C=O) groups excluding carboxylic acids is 1. The van der Waals surface area contributed by atoms with Gasteiger partial charge < -0.3 is 9.30 Å². The third kappa shape index (κ3) is 3.99. The summed E-state index contributed by atoms with van der Waals surface area (Å²) in [5.74, 6) is -0.624. The molecule has 0 unspecified atom stereocenters. The molecule has 3 rings (SSSR count). The molecule has 1 aromatic heterocycles. The van der Waals surface area contributed by atoms with Crippen molar-refractivity contribution >= 4 is 44.7 Å². The van der Waals surface area contributed by atoms with Crippen molar-refractivity contribution in [2.24, 2.45) is 4.99 Å². The first-order valence-electron chi connectivity index (χ1n) is 8.44. The van der Waals surface area contributed by atoms with Crippen LogP contribution in [0, 0.1) is 24.0 Å². The van der Waals surface area contributed by atoms with Gasteiger partial charge in [0.15, 0.2) is 4.80 Å². The summed E-state index contributed by atoms with van der Waals surface area (Å²) in [5.41, 5.74) is 2.97. The Labute approximate surface area is 170 Å². The van der Waals surface area contributed by atoms with Gasteiger partial charge in [-0.05, 0) is 37.1 Å². The Morgan fingerprint density at radius 3 is 2.75 bits per heavy atom. The quantitative estimate of drug-likeness (QED) is 0.456. The predicted octanol–water partition coefficient (Wildman–Crippen LogP) is 4.27. The molecule has 0 bridgehead atoms. The van der Waals surface area contributed by atoms with Gasteiger partial charge in [0.05, 0.1) is 32.3 Å². The molecule has 0 saturated carbocycles. The van der Waals surface area contributed by atoms with Gasteiger partial charge in [-0.2, -0.15) is 4.99 Å². The van der Waals surface area contributed by atoms with Crippen LogP contribution in [-0.4, -0.2) is 29.1 Å². The van der Waals surface area contributed by atoms with Crippen LogP contribution in [0.25, 0.3) is 10.2 Å². The molecule has 28 heavy (non-hydrogen) atoms. The van der Waals surface area contributed by atoms with Gasteiger partial charge in [-0.1, -0.05) is 29.0 Å². The number of carbonyl (C=O) groups is 1. The second-order valence-electron chi connectivity index (χ2n) is 6.30. The molecular weight excluding hydrogens is 402 g/mol. The van der Waals surface area contributed by atoms with Crippen molar-refractivity contribution in [1.29, 1.82) is 0 Å². The van der Waals surface area contributed by atoms with E-state index in [-0.39, 0.29) is 16.3 Å². The Kier molecular flexibility index (Phi) is 5.93. The number of amides is 1. The maximum Gasteiger partial charge on any atom is 0.281 e. The highest BCUT2D eigenvalue weighted by atomic mass is 35.5. The fraction of sp³-hybridized carbons (Fsp3) is 0.263. The van der Waals surface area contributed by atoms with Gasteiger partial charge in [-0.15, -0.1) is 0 Å². The van der Waals surface area contributed by atoms with Crippen LogP contribution in [-0.2, 0) is 11.3 Å². The van der Waals surface area contributed by atoms with E-state index < -0.39 is 10.8 Å². The number of nitro groups is 1. The Morgan fingerprint density at radius 2 is 2.07 bits per heavy atom. The highest BCUT2D eigenvalue weighted by Gasteiger charge is 2.17. The van der Waals surface area contributed by atoms with E-state index in [4.69, 9.17) is 16.3 Å². The number of thiazole rings is 1. The predicted molar refractivity (Wildman–Crippen MR) is 109 cm³/mol. The topological polar surface area (TPSA) is 86.7 Å². The number of hydrogen-bond acceptors (Lipinski definition) is 5. The Morgan fingerprint density at radius 1 is 1.32 bits per heavy atom. The van der Waals surface area contributed by atoms with Gasteiger partial charge in [-0.25, -0.2) is 0 Å². The maximum atomic E-state index is 12.8. The molecule has 1 heterocycles. The number of benzene rings is 2. The number of hydrogen-bond donors (Lipinski definition) is 0. The van der Waals surface area contributed by atoms with E-state index in [0.29, 0.717) is 18.0 Å². The van der Waals surface area contributed by atoms with Crippen molar-refractivity contribution in [3.05, 3.63) is 67.0 Å². The lowest BCUT2D eigenvalue weighted by molar-refractivity contribution is -0.384. The molecule has 146 valence electrons. The van der Waals surface area contributed by atoms with Gasteiger partial charge >= 0.3 is 0 Å². The van der Waals surface area contributed by atoms with Crippen LogP contribution in [0.15, 0.2) is 35.3 Å². The Hall–Kier alpha value is -2.55. The number of aromatic nitrogens is 1. The summed E-state index contributed by atoms with van der Waals surface area (Å²) in [5, 5.41) is 11.1. The van der Waals surface area contributed by atoms with E-state index in [2.05, 4.69) is 11.1 Å². The molecule has 0 aliphatic heterocycles. The maximum absolute atomic E-state index is 12.8. The van der Waals surface area contributed by atoms with E-state index in [1.54, 1.807) is 7.11 Å². The number of rotatable bonds is 5. The molecule has 0 fully saturated rings. The standard InChI is InChI=1S/C19H18ClN3O4S/c1-11-8-12(2)17-16(9-11)28-19(22(17)6-7-27-3)21-18(24)14-10-13(23(25)26)4-5-15(14)20/h4-5,8-10H,6-7H2,1-3H3. The van der Waals surface area contributed by atoms with Crippen molar-refractivity contribution in [3.8, 4) is 0 Å². The number of fused-ring (bicyclic) bond motifs is 1. The number of aryl methyl sites for hydroxylation is 2. The van der Waals surface area contributed by atoms with Crippen molar-refractivity contribution in [2.75, 3.05) is 13.7 Å². The number of nitrogens with zero attached hydrogens (tertiary/aromatic N) is 3. The third-order valence-corrected chi connectivity index (χ3v) is 5.57. The van der Waals surface area contributed by atoms with E-state index in [1.807, 2.05) is 24.5 Å². The minimum absolute atomic E-state index is 0.000447. The average molecular weight is 420 g/mol. The number of methoxy groups -OCH3 is 1. The molecule has 0 N–H and O–H groups in total. The molecular formula is C19H18ClN3O4S. The van der Waals surface area contributed by atoms with Crippen LogP contribution in [0.2, 0.25) is 5.02 Å². The molecule has 0 atom stereocenters. The zero-order valence-electron chi connectivity index (χ0n) is 15.6. The van der Waals surface area contributed by atoms with E-state index >= 15 is 0 Å². The zero-order chi connectivity index (χ0) is 20.4. The summed E-state index contributed by atoms with van der Waals surface area (Å²) < 4.78 is 8.13. The summed E-state index contributed by atoms with van der Waals surface area (Å²) in [6, 6.07) is 7.85. The Balaban J connectivity index is 2.18. The van der Waals surface area contributed by atoms with E-state index in [9.17, 15) is 14.9 Å². The van der Waals surface area contributed by atoms with Crippen LogP contribution < -0.4 is 4.80 Å². The summed E-state index contributed by atoms with van der Waals surface area (Å²) in [4.78, 5) is 27.9. The first kappa shape index (κ1) is 20.2. The number of halogens is 1. The first-order valence-corrected chi connectivity index (χ1v) is 9.63. The molecule has 7 nitrogen and oxygen atoms in total. The van der Waals surface area contributed by atoms with Crippen LogP contribution in [0.4, 0.5) is 5.69 Å². The van der Waals surface area contributed by atoms with Crippen molar-refractivity contribution < 1.29 is 14.5 Å². The van der Waals surface area contributed by atoms with Gasteiger partial charge in [0.2, 0.25) is 0 Å². The van der Waals surface area contributed by atoms with E-state index in [0.717, 1.165) is 27.4 Å². The molecule has 2 aromatic carbocycles. The molecule has 0 spiro atoms. The highest BCUT2D eigenvalue weighted by molar-refractivity contribution is 7.16. The average Bonchev–Trinajstić information content (AvgIpc) is 2.96. The van der Waals surface area contributed by atoms with Crippen molar-refractivity contribution in [3.63, 3.8) is 0 Å². The lowest BCUT2D eigenvalue weighted by Crippen LogP contribution is -2.20. The summed E-state index contributed by atoms with van der Waals surface area (Å²) >= 11 is 7.47. The van der Waals surface area contributed by atoms with Gasteiger partial charge in [0, 0.05) is 25.8 Å². The fourth-order valence-electron chi connectivity index (χ4n) is 3.00. The summed E-state index contributed by atoms with van der Waals surface area (Å²) in [6.07, 6.45) is 0. The van der Waals surface area contributed by atoms with Crippen LogP contribution >= 0.6 is 22.9 Å². The number of ether oxygens (including phenoxy) is 1. The van der Waals surface area contributed by atoms with Gasteiger partial charge in [0.1, 0.15) is 0 Å². The van der Waals surface area contributed by atoms with Crippen molar-refractivity contribution in [1.82, 2.24) is 4.57 Å². The molecule has 0 aliphatic rings. The highest BCUT2D eigenvalue weighted by Crippen LogP contribution is 2.25. The molecule has 9 heteroatoms. The minimum Gasteiger partial charge on any atom is -0.383 e. The number of nitro benzene ring substituents is 1. The largest absolute Gasteiger partial charge is 0.383 e. The molecule has 0 saturated heterocycles. The van der Waals surface area contributed by atoms with Gasteiger partial charge in [0.25, 0.3) is 11.6 Å². The Bertz CT molecular complexity index is 1150. The van der Waals surface area contributed by atoms with Crippen LogP contribution in [0.1, 0.15) is 21.5 Å². The summed E-state index contributed by atoms with van der Waals surface area (Å²) in [6.45, 7) is 5.00. The normalized spacial score (nSPS) is 11.9. The van der Waals surface area contributed by atoms with Crippen LogP contribution in [0.5, 0.6) is 0 Å². The van der Waals surface area contributed by atoms with Crippen LogP contribution in [0.3, 0.4) is 0 Å². The SMILES string of the molecule is COCCn1c(=NC(=O)c2cc([N+](=O)[O-])ccc2Cl)sc2cc(C)cc(C)c21. The second kappa shape index (κ2) is 8.22. The van der Waals surface area contributed by atoms with Crippen molar-refractivity contribution in [2.45, 2.75) is 20.4 Å². The molecule has 0 aliphatic carbocycles. The number of non-ortho nitro benzene ring substituents is 1. The fourth-order valence-corrected chi connectivity index (χ4v) is 4.43. The molecule has 0 radical (unpaired) electrons. The monoisotopic (exact) mass is 419 g/mol. The summed E-state index contributed by atoms with van der Waals surface area (Å²) in [7, 11) is 1.61. The van der Waals surface area contributed by atoms with Gasteiger partial charge in [-0.3, -0.25) is 14.9 Å². The second-order valence-corrected chi connectivity index (χ2v) is 7.71. The minimum atomic E-state index is -0.624. The molecule has 3 aromatic rings. The smallest absolute Gasteiger partial charge is 0.281 e.